The Balaban J connectivity index is 3.05. The molecule has 0 spiro atoms. The van der Waals surface area contributed by atoms with Gasteiger partial charge in [0.2, 0.25) is 0 Å². The molecule has 0 aromatic carbocycles. The Morgan fingerprint density at radius 3 is 2.63 bits per heavy atom. The van der Waals surface area contributed by atoms with Crippen molar-refractivity contribution in [3.63, 3.8) is 0 Å². The van der Waals surface area contributed by atoms with Crippen molar-refractivity contribution in [2.24, 2.45) is 5.84 Å². The van der Waals surface area contributed by atoms with Gasteiger partial charge in [-0.2, -0.15) is 0 Å². The topological polar surface area (TPSA) is 127 Å². The lowest BCUT2D eigenvalue weighted by Crippen LogP contribution is -2.31. The van der Waals surface area contributed by atoms with Crippen molar-refractivity contribution in [3.05, 3.63) is 16.2 Å². The fraction of sp³-hybridized carbons (Fsp3) is 0.556. The Hall–Kier alpha value is -1.23. The Labute approximate surface area is 115 Å². The van der Waals surface area contributed by atoms with E-state index in [1.54, 1.807) is 6.92 Å². The highest BCUT2D eigenvalue weighted by atomic mass is 32.2. The van der Waals surface area contributed by atoms with Crippen LogP contribution >= 0.6 is 11.3 Å². The van der Waals surface area contributed by atoms with Gasteiger partial charge in [0.25, 0.3) is 10.0 Å². The Kier molecular flexibility index (Phi) is 5.23. The average Bonchev–Trinajstić information content (AvgIpc) is 2.73. The van der Waals surface area contributed by atoms with E-state index in [9.17, 15) is 18.5 Å². The number of nitrogens with two attached hydrogens (primary N) is 1. The molecule has 0 radical (unpaired) electrons. The molecule has 19 heavy (non-hydrogen) atoms. The number of nitro groups is 1. The van der Waals surface area contributed by atoms with Crippen LogP contribution in [0.5, 0.6) is 0 Å². The van der Waals surface area contributed by atoms with Crippen molar-refractivity contribution < 1.29 is 13.3 Å². The number of nitrogens with one attached hydrogen (secondary N) is 2. The largest absolute Gasteiger partial charge is 0.310 e. The monoisotopic (exact) mass is 308 g/mol. The van der Waals surface area contributed by atoms with E-state index < -0.39 is 14.9 Å². The third-order valence-corrected chi connectivity index (χ3v) is 5.48. The molecule has 0 saturated heterocycles. The number of rotatable bonds is 7. The van der Waals surface area contributed by atoms with Crippen molar-refractivity contribution in [1.29, 1.82) is 0 Å². The van der Waals surface area contributed by atoms with Gasteiger partial charge in [0, 0.05) is 12.1 Å². The molecule has 0 aliphatic heterocycles. The van der Waals surface area contributed by atoms with Gasteiger partial charge in [0.1, 0.15) is 4.21 Å². The summed E-state index contributed by atoms with van der Waals surface area (Å²) in [4.78, 5) is 10.1. The van der Waals surface area contributed by atoms with E-state index in [1.807, 2.05) is 6.92 Å². The molecule has 10 heteroatoms. The molecule has 1 heterocycles. The summed E-state index contributed by atoms with van der Waals surface area (Å²) in [6.07, 6.45) is 1.53. The van der Waals surface area contributed by atoms with Gasteiger partial charge >= 0.3 is 5.69 Å². The fourth-order valence-corrected chi connectivity index (χ4v) is 4.08. The Morgan fingerprint density at radius 2 is 2.21 bits per heavy atom. The molecular weight excluding hydrogens is 292 g/mol. The molecule has 1 aromatic rings. The number of hydrogen-bond donors (Lipinski definition) is 3. The smallest absolute Gasteiger partial charge is 0.306 e. The van der Waals surface area contributed by atoms with Gasteiger partial charge in [0.05, 0.1) is 4.92 Å². The standard InChI is InChI=1S/C9H16N4O4S2/c1-3-4-6(2)12-19(16,17)8-5-7(13(14)15)9(11-10)18-8/h5-6,11-12H,3-4,10H2,1-2H3. The minimum Gasteiger partial charge on any atom is -0.310 e. The summed E-state index contributed by atoms with van der Waals surface area (Å²) in [7, 11) is -3.76. The van der Waals surface area contributed by atoms with Gasteiger partial charge in [-0.05, 0) is 13.3 Å². The second-order valence-corrected chi connectivity index (χ2v) is 6.99. The zero-order valence-corrected chi connectivity index (χ0v) is 12.2. The van der Waals surface area contributed by atoms with Crippen LogP contribution in [0, 0.1) is 10.1 Å². The molecule has 4 N–H and O–H groups in total. The predicted octanol–water partition coefficient (Wildman–Crippen LogP) is 1.41. The van der Waals surface area contributed by atoms with Crippen molar-refractivity contribution >= 4 is 32.0 Å². The van der Waals surface area contributed by atoms with Crippen LogP contribution in [-0.4, -0.2) is 19.4 Å². The molecule has 0 saturated carbocycles. The van der Waals surface area contributed by atoms with E-state index in [2.05, 4.69) is 10.1 Å². The lowest BCUT2D eigenvalue weighted by atomic mass is 10.2. The van der Waals surface area contributed by atoms with Gasteiger partial charge in [0.15, 0.2) is 5.00 Å². The van der Waals surface area contributed by atoms with Crippen LogP contribution in [0.1, 0.15) is 26.7 Å². The predicted molar refractivity (Wildman–Crippen MR) is 73.5 cm³/mol. The Bertz CT molecular complexity index is 555. The molecule has 1 unspecified atom stereocenters. The van der Waals surface area contributed by atoms with E-state index in [0.717, 1.165) is 23.8 Å². The molecule has 1 atom stereocenters. The third-order valence-electron chi connectivity index (χ3n) is 2.36. The van der Waals surface area contributed by atoms with Crippen molar-refractivity contribution in [3.8, 4) is 0 Å². The van der Waals surface area contributed by atoms with E-state index in [0.29, 0.717) is 6.42 Å². The molecule has 0 bridgehead atoms. The summed E-state index contributed by atoms with van der Waals surface area (Å²) in [5.74, 6) is 5.13. The number of hydrazine groups is 1. The normalized spacial score (nSPS) is 13.2. The van der Waals surface area contributed by atoms with Crippen LogP contribution < -0.4 is 16.0 Å². The molecular formula is C9H16N4O4S2. The highest BCUT2D eigenvalue weighted by Crippen LogP contribution is 2.36. The molecule has 108 valence electrons. The summed E-state index contributed by atoms with van der Waals surface area (Å²) in [5.41, 5.74) is 1.78. The van der Waals surface area contributed by atoms with E-state index >= 15 is 0 Å². The fourth-order valence-electron chi connectivity index (χ4n) is 1.55. The minimum atomic E-state index is -3.76. The maximum absolute atomic E-state index is 12.0. The van der Waals surface area contributed by atoms with Gasteiger partial charge in [-0.1, -0.05) is 24.7 Å². The number of sulfonamides is 1. The second-order valence-electron chi connectivity index (χ2n) is 3.99. The van der Waals surface area contributed by atoms with E-state index in [1.165, 1.54) is 0 Å². The molecule has 8 nitrogen and oxygen atoms in total. The number of hydrogen-bond acceptors (Lipinski definition) is 7. The summed E-state index contributed by atoms with van der Waals surface area (Å²) < 4.78 is 26.4. The zero-order valence-electron chi connectivity index (χ0n) is 10.5. The Morgan fingerprint density at radius 1 is 1.58 bits per heavy atom. The van der Waals surface area contributed by atoms with Gasteiger partial charge in [-0.15, -0.1) is 0 Å². The van der Waals surface area contributed by atoms with Crippen molar-refractivity contribution in [1.82, 2.24) is 4.72 Å². The number of anilines is 1. The maximum Gasteiger partial charge on any atom is 0.306 e. The molecule has 0 aliphatic carbocycles. The molecule has 1 rings (SSSR count). The number of nitrogen functional groups attached to an aromatic ring is 1. The van der Waals surface area contributed by atoms with Gasteiger partial charge < -0.3 is 5.43 Å². The van der Waals surface area contributed by atoms with Crippen LogP contribution in [0.25, 0.3) is 0 Å². The number of nitrogens with zero attached hydrogens (tertiary/aromatic N) is 1. The summed E-state index contributed by atoms with van der Waals surface area (Å²) in [6, 6.07) is 0.770. The lowest BCUT2D eigenvalue weighted by molar-refractivity contribution is -0.383. The summed E-state index contributed by atoms with van der Waals surface area (Å²) >= 11 is 0.727. The van der Waals surface area contributed by atoms with Crippen LogP contribution in [0.2, 0.25) is 0 Å². The number of thiophene rings is 1. The highest BCUT2D eigenvalue weighted by molar-refractivity contribution is 7.91. The summed E-state index contributed by atoms with van der Waals surface area (Å²) in [6.45, 7) is 3.68. The zero-order chi connectivity index (χ0) is 14.6. The highest BCUT2D eigenvalue weighted by Gasteiger charge is 2.26. The van der Waals surface area contributed by atoms with Gasteiger partial charge in [-0.25, -0.2) is 19.0 Å². The SMILES string of the molecule is CCCC(C)NS(=O)(=O)c1cc([N+](=O)[O-])c(NN)s1. The lowest BCUT2D eigenvalue weighted by Gasteiger charge is -2.11. The minimum absolute atomic E-state index is 0.00789. The van der Waals surface area contributed by atoms with E-state index in [4.69, 9.17) is 5.84 Å². The maximum atomic E-state index is 12.0. The first kappa shape index (κ1) is 15.8. The quantitative estimate of drug-likeness (QED) is 0.397. The molecule has 0 aliphatic rings. The van der Waals surface area contributed by atoms with Crippen LogP contribution in [0.15, 0.2) is 10.3 Å². The third kappa shape index (κ3) is 3.86. The average molecular weight is 308 g/mol. The van der Waals surface area contributed by atoms with Crippen molar-refractivity contribution in [2.45, 2.75) is 36.9 Å². The first-order valence-corrected chi connectivity index (χ1v) is 7.89. The van der Waals surface area contributed by atoms with E-state index in [-0.39, 0.29) is 20.9 Å². The molecule has 0 fully saturated rings. The first-order chi connectivity index (χ1) is 8.81. The molecule has 0 amide bonds. The second kappa shape index (κ2) is 6.28. The van der Waals surface area contributed by atoms with Gasteiger partial charge in [-0.3, -0.25) is 10.1 Å². The van der Waals surface area contributed by atoms with Crippen LogP contribution in [-0.2, 0) is 10.0 Å². The van der Waals surface area contributed by atoms with Crippen LogP contribution in [0.4, 0.5) is 10.7 Å². The van der Waals surface area contributed by atoms with Crippen LogP contribution in [0.3, 0.4) is 0 Å². The van der Waals surface area contributed by atoms with Crippen molar-refractivity contribution in [2.75, 3.05) is 5.43 Å². The first-order valence-electron chi connectivity index (χ1n) is 5.59. The molecule has 1 aromatic heterocycles. The summed E-state index contributed by atoms with van der Waals surface area (Å²) in [5, 5.41) is 10.8.